The first-order valence-electron chi connectivity index (χ1n) is 8.77. The number of hydrogen-bond donors (Lipinski definition) is 2. The molecule has 4 nitrogen and oxygen atoms in total. The van der Waals surface area contributed by atoms with Gasteiger partial charge >= 0.3 is 0 Å². The summed E-state index contributed by atoms with van der Waals surface area (Å²) in [4.78, 5) is 12.3. The Labute approximate surface area is 161 Å². The predicted octanol–water partition coefficient (Wildman–Crippen LogP) is 4.86. The summed E-state index contributed by atoms with van der Waals surface area (Å²) in [6.07, 6.45) is 1.00. The van der Waals surface area contributed by atoms with Crippen LogP contribution in [0, 0.1) is 19.8 Å². The third-order valence-electron chi connectivity index (χ3n) is 3.95. The molecule has 26 heavy (non-hydrogen) atoms. The van der Waals surface area contributed by atoms with Crippen LogP contribution in [0.2, 0.25) is 0 Å². The Balaban J connectivity index is 1.90. The van der Waals surface area contributed by atoms with Crippen LogP contribution in [0.3, 0.4) is 0 Å². The summed E-state index contributed by atoms with van der Waals surface area (Å²) >= 11 is 5.25. The normalized spacial score (nSPS) is 10.5. The van der Waals surface area contributed by atoms with Crippen molar-refractivity contribution in [2.45, 2.75) is 34.1 Å². The van der Waals surface area contributed by atoms with Crippen molar-refractivity contribution >= 4 is 28.9 Å². The average molecular weight is 371 g/mol. The van der Waals surface area contributed by atoms with E-state index >= 15 is 0 Å². The van der Waals surface area contributed by atoms with Gasteiger partial charge in [-0.05, 0) is 79.9 Å². The van der Waals surface area contributed by atoms with Crippen molar-refractivity contribution in [3.8, 4) is 5.75 Å². The third-order valence-corrected chi connectivity index (χ3v) is 4.15. The fourth-order valence-electron chi connectivity index (χ4n) is 2.31. The molecule has 2 aromatic carbocycles. The molecule has 0 fully saturated rings. The predicted molar refractivity (Wildman–Crippen MR) is 111 cm³/mol. The molecule has 0 aromatic heterocycles. The lowest BCUT2D eigenvalue weighted by atomic mass is 10.1. The van der Waals surface area contributed by atoms with E-state index in [0.29, 0.717) is 18.1 Å². The molecule has 5 heteroatoms. The molecule has 0 atom stereocenters. The number of hydrogen-bond acceptors (Lipinski definition) is 3. The van der Waals surface area contributed by atoms with Crippen molar-refractivity contribution in [3.63, 3.8) is 0 Å². The van der Waals surface area contributed by atoms with Gasteiger partial charge in [0.05, 0.1) is 6.61 Å². The summed E-state index contributed by atoms with van der Waals surface area (Å²) in [5.74, 6) is 1.12. The molecule has 0 radical (unpaired) electrons. The summed E-state index contributed by atoms with van der Waals surface area (Å²) in [6, 6.07) is 13.1. The lowest BCUT2D eigenvalue weighted by Crippen LogP contribution is -2.34. The summed E-state index contributed by atoms with van der Waals surface area (Å²) in [6.45, 7) is 8.99. The molecular formula is C21H26N2O2S. The molecule has 1 amide bonds. The van der Waals surface area contributed by atoms with Gasteiger partial charge in [0.2, 0.25) is 0 Å². The number of ether oxygens (including phenoxy) is 1. The molecule has 2 aromatic rings. The first-order valence-corrected chi connectivity index (χ1v) is 9.18. The molecule has 0 aliphatic carbocycles. The third kappa shape index (κ3) is 6.15. The van der Waals surface area contributed by atoms with Crippen molar-refractivity contribution < 1.29 is 9.53 Å². The van der Waals surface area contributed by atoms with Gasteiger partial charge in [0.25, 0.3) is 5.91 Å². The van der Waals surface area contributed by atoms with Crippen LogP contribution >= 0.6 is 12.2 Å². The Hall–Kier alpha value is -2.40. The van der Waals surface area contributed by atoms with E-state index < -0.39 is 0 Å². The van der Waals surface area contributed by atoms with Gasteiger partial charge in [-0.25, -0.2) is 0 Å². The first kappa shape index (κ1) is 19.9. The summed E-state index contributed by atoms with van der Waals surface area (Å²) < 4.78 is 5.67. The highest BCUT2D eigenvalue weighted by Crippen LogP contribution is 2.16. The number of thiocarbonyl (C=S) groups is 1. The highest BCUT2D eigenvalue weighted by Gasteiger charge is 2.09. The second-order valence-corrected chi connectivity index (χ2v) is 7.19. The van der Waals surface area contributed by atoms with E-state index in [2.05, 4.69) is 24.5 Å². The lowest BCUT2D eigenvalue weighted by molar-refractivity contribution is 0.0977. The van der Waals surface area contributed by atoms with E-state index in [9.17, 15) is 4.79 Å². The summed E-state index contributed by atoms with van der Waals surface area (Å²) in [5, 5.41) is 6.06. The summed E-state index contributed by atoms with van der Waals surface area (Å²) in [5.41, 5.74) is 3.62. The topological polar surface area (TPSA) is 50.4 Å². The monoisotopic (exact) mass is 370 g/mol. The SMILES string of the molecule is Cc1ccc(C)c(NC(=S)NC(=O)c2ccc(OCCC(C)C)cc2)c1. The Kier molecular flexibility index (Phi) is 7.16. The van der Waals surface area contributed by atoms with E-state index in [1.807, 2.05) is 32.0 Å². The number of amides is 1. The fourth-order valence-corrected chi connectivity index (χ4v) is 2.52. The van der Waals surface area contributed by atoms with Crippen LogP contribution in [-0.2, 0) is 0 Å². The van der Waals surface area contributed by atoms with Gasteiger partial charge in [-0.3, -0.25) is 10.1 Å². The zero-order valence-corrected chi connectivity index (χ0v) is 16.6. The zero-order chi connectivity index (χ0) is 19.1. The minimum Gasteiger partial charge on any atom is -0.494 e. The molecular weight excluding hydrogens is 344 g/mol. The Morgan fingerprint density at radius 3 is 2.46 bits per heavy atom. The van der Waals surface area contributed by atoms with Crippen LogP contribution in [0.1, 0.15) is 41.8 Å². The molecule has 138 valence electrons. The van der Waals surface area contributed by atoms with Crippen molar-refractivity contribution in [2.24, 2.45) is 5.92 Å². The van der Waals surface area contributed by atoms with E-state index in [0.717, 1.165) is 29.0 Å². The quantitative estimate of drug-likeness (QED) is 0.713. The van der Waals surface area contributed by atoms with Crippen molar-refractivity contribution in [1.82, 2.24) is 5.32 Å². The van der Waals surface area contributed by atoms with Crippen molar-refractivity contribution in [2.75, 3.05) is 11.9 Å². The largest absolute Gasteiger partial charge is 0.494 e. The molecule has 0 aliphatic heterocycles. The summed E-state index contributed by atoms with van der Waals surface area (Å²) in [7, 11) is 0. The Morgan fingerprint density at radius 2 is 1.81 bits per heavy atom. The number of carbonyl (C=O) groups excluding carboxylic acids is 1. The molecule has 2 N–H and O–H groups in total. The van der Waals surface area contributed by atoms with Crippen LogP contribution in [0.15, 0.2) is 42.5 Å². The van der Waals surface area contributed by atoms with Crippen LogP contribution < -0.4 is 15.4 Å². The van der Waals surface area contributed by atoms with Gasteiger partial charge in [0.1, 0.15) is 5.75 Å². The number of anilines is 1. The van der Waals surface area contributed by atoms with Crippen LogP contribution in [0.4, 0.5) is 5.69 Å². The maximum atomic E-state index is 12.3. The Bertz CT molecular complexity index is 770. The second kappa shape index (κ2) is 9.34. The molecule has 0 heterocycles. The number of aryl methyl sites for hydroxylation is 2. The molecule has 0 saturated heterocycles. The minimum atomic E-state index is -0.249. The first-order chi connectivity index (χ1) is 12.3. The standard InChI is InChI=1S/C21H26N2O2S/c1-14(2)11-12-25-18-9-7-17(8-10-18)20(24)23-21(26)22-19-13-15(3)5-6-16(19)4/h5-10,13-14H,11-12H2,1-4H3,(H2,22,23,24,26). The van der Waals surface area contributed by atoms with Gasteiger partial charge in [0.15, 0.2) is 5.11 Å². The molecule has 0 spiro atoms. The van der Waals surface area contributed by atoms with Gasteiger partial charge in [0, 0.05) is 11.3 Å². The Morgan fingerprint density at radius 1 is 1.12 bits per heavy atom. The zero-order valence-electron chi connectivity index (χ0n) is 15.8. The molecule has 0 bridgehead atoms. The van der Waals surface area contributed by atoms with Crippen LogP contribution in [-0.4, -0.2) is 17.6 Å². The number of benzene rings is 2. The van der Waals surface area contributed by atoms with Gasteiger partial charge in [-0.15, -0.1) is 0 Å². The maximum absolute atomic E-state index is 12.3. The van der Waals surface area contributed by atoms with Crippen LogP contribution in [0.5, 0.6) is 5.75 Å². The highest BCUT2D eigenvalue weighted by molar-refractivity contribution is 7.80. The fraction of sp³-hybridized carbons (Fsp3) is 0.333. The molecule has 0 aliphatic rings. The van der Waals surface area contributed by atoms with E-state index in [-0.39, 0.29) is 11.0 Å². The highest BCUT2D eigenvalue weighted by atomic mass is 32.1. The maximum Gasteiger partial charge on any atom is 0.257 e. The lowest BCUT2D eigenvalue weighted by Gasteiger charge is -2.13. The number of rotatable bonds is 6. The second-order valence-electron chi connectivity index (χ2n) is 6.78. The van der Waals surface area contributed by atoms with Crippen molar-refractivity contribution in [3.05, 3.63) is 59.2 Å². The molecule has 0 saturated carbocycles. The van der Waals surface area contributed by atoms with E-state index in [1.54, 1.807) is 24.3 Å². The average Bonchev–Trinajstić information content (AvgIpc) is 2.58. The van der Waals surface area contributed by atoms with Crippen LogP contribution in [0.25, 0.3) is 0 Å². The van der Waals surface area contributed by atoms with E-state index in [4.69, 9.17) is 17.0 Å². The van der Waals surface area contributed by atoms with Gasteiger partial charge in [-0.2, -0.15) is 0 Å². The smallest absolute Gasteiger partial charge is 0.257 e. The number of nitrogens with one attached hydrogen (secondary N) is 2. The van der Waals surface area contributed by atoms with Gasteiger partial charge < -0.3 is 10.1 Å². The number of carbonyl (C=O) groups is 1. The molecule has 2 rings (SSSR count). The minimum absolute atomic E-state index is 0.249. The molecule has 0 unspecified atom stereocenters. The van der Waals surface area contributed by atoms with Crippen molar-refractivity contribution in [1.29, 1.82) is 0 Å². The van der Waals surface area contributed by atoms with Gasteiger partial charge in [-0.1, -0.05) is 26.0 Å². The van der Waals surface area contributed by atoms with E-state index in [1.165, 1.54) is 0 Å².